The number of rotatable bonds is 5. The van der Waals surface area contributed by atoms with Gasteiger partial charge in [0, 0.05) is 0 Å². The van der Waals surface area contributed by atoms with Crippen LogP contribution in [0.5, 0.6) is 11.5 Å². The van der Waals surface area contributed by atoms with E-state index in [9.17, 15) is 0 Å². The van der Waals surface area contributed by atoms with Crippen molar-refractivity contribution in [1.29, 1.82) is 0 Å². The quantitative estimate of drug-likeness (QED) is 0.244. The van der Waals surface area contributed by atoms with Crippen molar-refractivity contribution in [2.24, 2.45) is 0 Å². The van der Waals surface area contributed by atoms with Gasteiger partial charge in [-0.25, -0.2) is 9.97 Å². The van der Waals surface area contributed by atoms with Crippen molar-refractivity contribution >= 4 is 65.8 Å². The number of aromatic nitrogens is 2. The molecule has 158 valence electrons. The summed E-state index contributed by atoms with van der Waals surface area (Å²) in [4.78, 5) is 14.3. The smallest absolute Gasteiger partial charge is 0.118 e. The highest BCUT2D eigenvalue weighted by Crippen LogP contribution is 2.52. The molecule has 8 heteroatoms. The highest BCUT2D eigenvalue weighted by molar-refractivity contribution is 7.33. The number of methoxy groups -OCH3 is 2. The third-order valence-corrected chi connectivity index (χ3v) is 9.86. The first-order valence-corrected chi connectivity index (χ1v) is 13.2. The maximum Gasteiger partial charge on any atom is 0.118 e. The molecule has 0 unspecified atom stereocenters. The molecule has 0 aliphatic carbocycles. The second-order valence-electron chi connectivity index (χ2n) is 7.04. The molecule has 2 aromatic carbocycles. The van der Waals surface area contributed by atoms with E-state index in [4.69, 9.17) is 19.4 Å². The molecule has 0 spiro atoms. The average molecular weight is 493 g/mol. The Morgan fingerprint density at radius 1 is 0.562 bits per heavy atom. The Kier molecular flexibility index (Phi) is 4.95. The summed E-state index contributed by atoms with van der Waals surface area (Å²) in [6.45, 7) is 0. The number of hydrogen-bond acceptors (Lipinski definition) is 8. The maximum atomic E-state index is 5.33. The van der Waals surface area contributed by atoms with Crippen molar-refractivity contribution in [3.05, 3.63) is 59.6 Å². The van der Waals surface area contributed by atoms with E-state index >= 15 is 0 Å². The van der Waals surface area contributed by atoms with E-state index in [2.05, 4.69) is 24.3 Å². The van der Waals surface area contributed by atoms with E-state index in [1.165, 1.54) is 28.9 Å². The van der Waals surface area contributed by atoms with Crippen LogP contribution in [0.4, 0.5) is 0 Å². The predicted octanol–water partition coefficient (Wildman–Crippen LogP) is 8.05. The summed E-state index contributed by atoms with van der Waals surface area (Å²) in [6, 6.07) is 16.4. The number of thiophene rings is 2. The molecule has 4 aromatic heterocycles. The van der Waals surface area contributed by atoms with Gasteiger partial charge in [0.25, 0.3) is 0 Å². The standard InChI is InChI=1S/C24H16N2O2S4/c1-27-15-7-3-13(4-8-15)19-17-21(29-11-25-17)23(31-19)24-22-18(26-12-30-22)20(32-24)14-5-9-16(28-2)10-6-14/h3-12H,1-2H3. The number of thiazole rings is 2. The van der Waals surface area contributed by atoms with Gasteiger partial charge in [0.15, 0.2) is 0 Å². The fourth-order valence-electron chi connectivity index (χ4n) is 3.71. The van der Waals surface area contributed by atoms with Gasteiger partial charge in [-0.15, -0.1) is 45.3 Å². The zero-order valence-electron chi connectivity index (χ0n) is 17.1. The molecular formula is C24H16N2O2S4. The van der Waals surface area contributed by atoms with Gasteiger partial charge >= 0.3 is 0 Å². The minimum absolute atomic E-state index is 0.855. The molecule has 0 radical (unpaired) electrons. The highest BCUT2D eigenvalue weighted by atomic mass is 32.1. The lowest BCUT2D eigenvalue weighted by molar-refractivity contribution is 0.415. The minimum atomic E-state index is 0.855. The van der Waals surface area contributed by atoms with Gasteiger partial charge in [0.2, 0.25) is 0 Å². The van der Waals surface area contributed by atoms with Crippen molar-refractivity contribution in [2.75, 3.05) is 14.2 Å². The SMILES string of the molecule is COc1ccc(-c2sc(-c3sc(-c4ccc(OC)cc4)c4ncsc34)c3scnc23)cc1. The van der Waals surface area contributed by atoms with Crippen LogP contribution in [0.25, 0.3) is 51.1 Å². The van der Waals surface area contributed by atoms with Crippen LogP contribution in [0.2, 0.25) is 0 Å². The van der Waals surface area contributed by atoms with E-state index in [1.807, 2.05) is 58.0 Å². The first-order chi connectivity index (χ1) is 15.8. The lowest BCUT2D eigenvalue weighted by Crippen LogP contribution is -1.81. The van der Waals surface area contributed by atoms with Crippen molar-refractivity contribution in [3.8, 4) is 42.1 Å². The van der Waals surface area contributed by atoms with E-state index in [0.29, 0.717) is 0 Å². The number of benzene rings is 2. The van der Waals surface area contributed by atoms with Gasteiger partial charge in [-0.2, -0.15) is 0 Å². The summed E-state index contributed by atoms with van der Waals surface area (Å²) >= 11 is 7.02. The first kappa shape index (κ1) is 19.9. The van der Waals surface area contributed by atoms with Crippen molar-refractivity contribution in [1.82, 2.24) is 9.97 Å². The number of nitrogens with zero attached hydrogens (tertiary/aromatic N) is 2. The van der Waals surface area contributed by atoms with Crippen LogP contribution in [0.15, 0.2) is 59.6 Å². The van der Waals surface area contributed by atoms with Crippen molar-refractivity contribution in [3.63, 3.8) is 0 Å². The second kappa shape index (κ2) is 7.97. The molecule has 0 atom stereocenters. The molecule has 4 heterocycles. The Labute approximate surface area is 200 Å². The molecule has 0 aliphatic rings. The summed E-state index contributed by atoms with van der Waals surface area (Å²) in [6.07, 6.45) is 0. The van der Waals surface area contributed by atoms with Crippen molar-refractivity contribution < 1.29 is 9.47 Å². The molecule has 0 saturated heterocycles. The van der Waals surface area contributed by atoms with Gasteiger partial charge in [0.05, 0.1) is 54.1 Å². The normalized spacial score (nSPS) is 11.4. The molecule has 0 bridgehead atoms. The molecular weight excluding hydrogens is 477 g/mol. The molecule has 32 heavy (non-hydrogen) atoms. The zero-order chi connectivity index (χ0) is 21.7. The van der Waals surface area contributed by atoms with E-state index < -0.39 is 0 Å². The topological polar surface area (TPSA) is 44.2 Å². The molecule has 4 nitrogen and oxygen atoms in total. The lowest BCUT2D eigenvalue weighted by atomic mass is 10.1. The third kappa shape index (κ3) is 3.14. The zero-order valence-corrected chi connectivity index (χ0v) is 20.4. The summed E-state index contributed by atoms with van der Waals surface area (Å²) in [5.74, 6) is 1.71. The number of fused-ring (bicyclic) bond motifs is 2. The third-order valence-electron chi connectivity index (χ3n) is 5.30. The van der Waals surface area contributed by atoms with Crippen LogP contribution < -0.4 is 9.47 Å². The fraction of sp³-hybridized carbons (Fsp3) is 0.0833. The van der Waals surface area contributed by atoms with E-state index in [0.717, 1.165) is 33.7 Å². The monoisotopic (exact) mass is 492 g/mol. The Bertz CT molecular complexity index is 1420. The Hall–Kier alpha value is -2.78. The Morgan fingerprint density at radius 2 is 0.969 bits per heavy atom. The molecule has 0 fully saturated rings. The van der Waals surface area contributed by atoms with Crippen LogP contribution in [-0.2, 0) is 0 Å². The van der Waals surface area contributed by atoms with Crippen LogP contribution in [-0.4, -0.2) is 24.2 Å². The Morgan fingerprint density at radius 3 is 1.34 bits per heavy atom. The highest BCUT2D eigenvalue weighted by Gasteiger charge is 2.23. The number of ether oxygens (including phenoxy) is 2. The number of hydrogen-bond donors (Lipinski definition) is 0. The molecule has 0 aliphatic heterocycles. The molecule has 0 saturated carbocycles. The van der Waals surface area contributed by atoms with Gasteiger partial charge in [-0.3, -0.25) is 0 Å². The van der Waals surface area contributed by atoms with Crippen LogP contribution in [0, 0.1) is 0 Å². The van der Waals surface area contributed by atoms with Crippen LogP contribution in [0.3, 0.4) is 0 Å². The van der Waals surface area contributed by atoms with E-state index in [1.54, 1.807) is 36.9 Å². The largest absolute Gasteiger partial charge is 0.497 e. The minimum Gasteiger partial charge on any atom is -0.497 e. The summed E-state index contributed by atoms with van der Waals surface area (Å²) in [5.41, 5.74) is 8.33. The molecule has 0 amide bonds. The average Bonchev–Trinajstić information content (AvgIpc) is 3.61. The van der Waals surface area contributed by atoms with Crippen LogP contribution in [0.1, 0.15) is 0 Å². The van der Waals surface area contributed by atoms with Gasteiger partial charge in [-0.1, -0.05) is 0 Å². The summed E-state index contributed by atoms with van der Waals surface area (Å²) in [5, 5.41) is 0. The predicted molar refractivity (Wildman–Crippen MR) is 138 cm³/mol. The summed E-state index contributed by atoms with van der Waals surface area (Å²) in [7, 11) is 3.38. The molecule has 6 aromatic rings. The van der Waals surface area contributed by atoms with Gasteiger partial charge in [-0.05, 0) is 59.7 Å². The Balaban J connectivity index is 1.53. The van der Waals surface area contributed by atoms with Gasteiger partial charge < -0.3 is 9.47 Å². The van der Waals surface area contributed by atoms with Crippen LogP contribution >= 0.6 is 45.3 Å². The second-order valence-corrected chi connectivity index (χ2v) is 10.8. The first-order valence-electron chi connectivity index (χ1n) is 9.78. The molecule has 0 N–H and O–H groups in total. The maximum absolute atomic E-state index is 5.33. The van der Waals surface area contributed by atoms with Crippen molar-refractivity contribution in [2.45, 2.75) is 0 Å². The van der Waals surface area contributed by atoms with Gasteiger partial charge in [0.1, 0.15) is 22.5 Å². The fourth-order valence-corrected chi connectivity index (χ4v) is 8.42. The molecule has 6 rings (SSSR count). The van der Waals surface area contributed by atoms with E-state index in [-0.39, 0.29) is 0 Å². The lowest BCUT2D eigenvalue weighted by Gasteiger charge is -2.01. The summed E-state index contributed by atoms with van der Waals surface area (Å²) < 4.78 is 13.1.